The lowest BCUT2D eigenvalue weighted by molar-refractivity contribution is 0.0862. The number of nitrogens with two attached hydrogens (primary N) is 1. The Balaban J connectivity index is 2.03. The van der Waals surface area contributed by atoms with E-state index in [0.717, 1.165) is 6.42 Å². The third-order valence-corrected chi connectivity index (χ3v) is 3.09. The molecule has 1 aromatic heterocycles. The second-order valence-electron chi connectivity index (χ2n) is 4.36. The Morgan fingerprint density at radius 1 is 1.63 bits per heavy atom. The molecule has 2 atom stereocenters. The Morgan fingerprint density at radius 2 is 2.42 bits per heavy atom. The first-order valence-corrected chi connectivity index (χ1v) is 5.98. The van der Waals surface area contributed by atoms with Crippen molar-refractivity contribution in [3.8, 4) is 0 Å². The molecule has 0 bridgehead atoms. The van der Waals surface area contributed by atoms with E-state index >= 15 is 0 Å². The van der Waals surface area contributed by atoms with Crippen molar-refractivity contribution in [2.45, 2.75) is 25.5 Å². The molecule has 102 valence electrons. The molecule has 1 fully saturated rings. The lowest BCUT2D eigenvalue weighted by Crippen LogP contribution is -2.39. The molecule has 0 aromatic carbocycles. The molecule has 0 saturated carbocycles. The number of pyridine rings is 1. The van der Waals surface area contributed by atoms with Crippen LogP contribution >= 0.6 is 0 Å². The fraction of sp³-hybridized carbons (Fsp3) is 0.417. The monoisotopic (exact) mass is 264 g/mol. The summed E-state index contributed by atoms with van der Waals surface area (Å²) in [5.41, 5.74) is 6.15. The normalized spacial score (nSPS) is 23.3. The van der Waals surface area contributed by atoms with E-state index in [1.807, 2.05) is 6.92 Å². The highest BCUT2D eigenvalue weighted by atomic mass is 16.5. The summed E-state index contributed by atoms with van der Waals surface area (Å²) in [6.45, 7) is 2.58. The molecule has 1 aliphatic heterocycles. The molecule has 2 unspecified atom stereocenters. The van der Waals surface area contributed by atoms with Gasteiger partial charge in [0.2, 0.25) is 0 Å². The maximum absolute atomic E-state index is 12.0. The van der Waals surface area contributed by atoms with Gasteiger partial charge in [0.15, 0.2) is 5.84 Å². The van der Waals surface area contributed by atoms with Crippen LogP contribution < -0.4 is 11.1 Å². The molecular formula is C12H16N4O3. The van der Waals surface area contributed by atoms with Crippen molar-refractivity contribution in [2.75, 3.05) is 6.61 Å². The Kier molecular flexibility index (Phi) is 3.96. The summed E-state index contributed by atoms with van der Waals surface area (Å²) in [7, 11) is 0. The second-order valence-corrected chi connectivity index (χ2v) is 4.36. The number of carbonyl (C=O) groups excluding carboxylic acids is 1. The summed E-state index contributed by atoms with van der Waals surface area (Å²) < 4.78 is 5.37. The highest BCUT2D eigenvalue weighted by Crippen LogP contribution is 2.13. The third kappa shape index (κ3) is 3.00. The zero-order valence-corrected chi connectivity index (χ0v) is 10.5. The molecule has 7 heteroatoms. The maximum atomic E-state index is 12.0. The molecule has 7 nitrogen and oxygen atoms in total. The Labute approximate surface area is 110 Å². The predicted octanol–water partition coefficient (Wildman–Crippen LogP) is 0.0833. The summed E-state index contributed by atoms with van der Waals surface area (Å²) in [5.74, 6) is -0.300. The summed E-state index contributed by atoms with van der Waals surface area (Å²) in [4.78, 5) is 15.9. The predicted molar refractivity (Wildman–Crippen MR) is 68.0 cm³/mol. The summed E-state index contributed by atoms with van der Waals surface area (Å²) in [5, 5.41) is 14.3. The minimum atomic E-state index is -0.256. The van der Waals surface area contributed by atoms with Crippen LogP contribution in [0.4, 0.5) is 0 Å². The van der Waals surface area contributed by atoms with Crippen molar-refractivity contribution in [1.29, 1.82) is 0 Å². The van der Waals surface area contributed by atoms with E-state index in [9.17, 15) is 4.79 Å². The van der Waals surface area contributed by atoms with E-state index in [0.29, 0.717) is 12.2 Å². The summed E-state index contributed by atoms with van der Waals surface area (Å²) in [6.07, 6.45) is 2.20. The van der Waals surface area contributed by atoms with Crippen LogP contribution in [0.5, 0.6) is 0 Å². The molecule has 2 rings (SSSR count). The first-order valence-electron chi connectivity index (χ1n) is 5.98. The zero-order valence-electron chi connectivity index (χ0n) is 10.5. The number of carbonyl (C=O) groups is 1. The number of aromatic nitrogens is 1. The van der Waals surface area contributed by atoms with E-state index in [1.54, 1.807) is 6.07 Å². The van der Waals surface area contributed by atoms with Gasteiger partial charge in [-0.1, -0.05) is 5.16 Å². The van der Waals surface area contributed by atoms with Gasteiger partial charge in [0.1, 0.15) is 5.69 Å². The SMILES string of the molecule is CC1OCCC1NC(=O)c1ccc(/C(N)=N/O)cn1. The number of nitrogens with zero attached hydrogens (tertiary/aromatic N) is 2. The van der Waals surface area contributed by atoms with Gasteiger partial charge in [0.05, 0.1) is 12.1 Å². The molecule has 0 aliphatic carbocycles. The van der Waals surface area contributed by atoms with E-state index < -0.39 is 0 Å². The van der Waals surface area contributed by atoms with Crippen LogP contribution in [0.1, 0.15) is 29.4 Å². The number of hydrogen-bond acceptors (Lipinski definition) is 5. The first-order chi connectivity index (χ1) is 9.11. The number of ether oxygens (including phenoxy) is 1. The Morgan fingerprint density at radius 3 is 2.95 bits per heavy atom. The van der Waals surface area contributed by atoms with Crippen LogP contribution in [-0.4, -0.2) is 40.7 Å². The molecule has 0 spiro atoms. The largest absolute Gasteiger partial charge is 0.409 e. The van der Waals surface area contributed by atoms with Crippen molar-refractivity contribution in [3.05, 3.63) is 29.6 Å². The van der Waals surface area contributed by atoms with Crippen molar-refractivity contribution >= 4 is 11.7 Å². The van der Waals surface area contributed by atoms with Crippen molar-refractivity contribution in [3.63, 3.8) is 0 Å². The molecule has 19 heavy (non-hydrogen) atoms. The quantitative estimate of drug-likeness (QED) is 0.310. The van der Waals surface area contributed by atoms with Crippen LogP contribution in [0.25, 0.3) is 0 Å². The lowest BCUT2D eigenvalue weighted by atomic mass is 10.1. The average molecular weight is 264 g/mol. The first kappa shape index (κ1) is 13.3. The maximum Gasteiger partial charge on any atom is 0.270 e. The van der Waals surface area contributed by atoms with Gasteiger partial charge in [-0.15, -0.1) is 0 Å². The van der Waals surface area contributed by atoms with Gasteiger partial charge < -0.3 is 21.0 Å². The minimum Gasteiger partial charge on any atom is -0.409 e. The standard InChI is InChI=1S/C12H16N4O3/c1-7-9(4-5-19-7)15-12(17)10-3-2-8(6-14-10)11(13)16-18/h2-3,6-7,9,18H,4-5H2,1H3,(H2,13,16)(H,15,17). The van der Waals surface area contributed by atoms with Gasteiger partial charge in [0, 0.05) is 18.4 Å². The highest BCUT2D eigenvalue weighted by molar-refractivity contribution is 5.98. The fourth-order valence-electron chi connectivity index (χ4n) is 1.90. The van der Waals surface area contributed by atoms with Gasteiger partial charge in [0.25, 0.3) is 5.91 Å². The van der Waals surface area contributed by atoms with Crippen LogP contribution in [0.2, 0.25) is 0 Å². The second kappa shape index (κ2) is 5.66. The molecular weight excluding hydrogens is 248 g/mol. The molecule has 0 radical (unpaired) electrons. The summed E-state index contributed by atoms with van der Waals surface area (Å²) in [6, 6.07) is 3.12. The molecule has 1 aromatic rings. The number of amidine groups is 1. The number of amides is 1. The van der Waals surface area contributed by atoms with E-state index in [1.165, 1.54) is 12.3 Å². The van der Waals surface area contributed by atoms with Crippen molar-refractivity contribution < 1.29 is 14.7 Å². The molecule has 1 aliphatic rings. The van der Waals surface area contributed by atoms with Gasteiger partial charge in [-0.25, -0.2) is 0 Å². The van der Waals surface area contributed by atoms with E-state index in [2.05, 4.69) is 15.5 Å². The van der Waals surface area contributed by atoms with Crippen LogP contribution in [0.3, 0.4) is 0 Å². The fourth-order valence-corrected chi connectivity index (χ4v) is 1.90. The average Bonchev–Trinajstić information content (AvgIpc) is 2.83. The van der Waals surface area contributed by atoms with Gasteiger partial charge in [-0.05, 0) is 25.5 Å². The molecule has 4 N–H and O–H groups in total. The van der Waals surface area contributed by atoms with Crippen molar-refractivity contribution in [2.24, 2.45) is 10.9 Å². The third-order valence-electron chi connectivity index (χ3n) is 3.09. The van der Waals surface area contributed by atoms with Gasteiger partial charge in [-0.2, -0.15) is 0 Å². The summed E-state index contributed by atoms with van der Waals surface area (Å²) >= 11 is 0. The highest BCUT2D eigenvalue weighted by Gasteiger charge is 2.26. The molecule has 1 saturated heterocycles. The number of rotatable bonds is 3. The number of nitrogens with one attached hydrogen (secondary N) is 1. The van der Waals surface area contributed by atoms with E-state index in [4.69, 9.17) is 15.7 Å². The topological polar surface area (TPSA) is 110 Å². The molecule has 1 amide bonds. The smallest absolute Gasteiger partial charge is 0.270 e. The van der Waals surface area contributed by atoms with Gasteiger partial charge >= 0.3 is 0 Å². The van der Waals surface area contributed by atoms with Crippen LogP contribution in [0, 0.1) is 0 Å². The number of hydrogen-bond donors (Lipinski definition) is 3. The molecule has 2 heterocycles. The lowest BCUT2D eigenvalue weighted by Gasteiger charge is -2.15. The van der Waals surface area contributed by atoms with Crippen LogP contribution in [-0.2, 0) is 4.74 Å². The Hall–Kier alpha value is -2.15. The van der Waals surface area contributed by atoms with Gasteiger partial charge in [-0.3, -0.25) is 9.78 Å². The van der Waals surface area contributed by atoms with E-state index in [-0.39, 0.29) is 29.6 Å². The minimum absolute atomic E-state index is 0.0121. The number of oxime groups is 1. The zero-order chi connectivity index (χ0) is 13.8. The Bertz CT molecular complexity index is 486. The van der Waals surface area contributed by atoms with Crippen molar-refractivity contribution in [1.82, 2.24) is 10.3 Å². The van der Waals surface area contributed by atoms with Crippen LogP contribution in [0.15, 0.2) is 23.5 Å².